The maximum atomic E-state index is 12.8. The molecule has 2 aromatic carbocycles. The molecule has 2 rings (SSSR count). The number of carbonyl (C=O) groups excluding carboxylic acids is 1. The second-order valence-corrected chi connectivity index (χ2v) is 17.5. The highest BCUT2D eigenvalue weighted by Crippen LogP contribution is 2.37. The molecule has 0 amide bonds. The van der Waals surface area contributed by atoms with Crippen molar-refractivity contribution < 1.29 is 14.0 Å². The van der Waals surface area contributed by atoms with Gasteiger partial charge in [0.25, 0.3) is 8.32 Å². The van der Waals surface area contributed by atoms with Crippen LogP contribution in [0, 0.1) is 11.3 Å². The minimum atomic E-state index is -2.46. The lowest BCUT2D eigenvalue weighted by atomic mass is 9.77. The van der Waals surface area contributed by atoms with E-state index in [0.717, 1.165) is 38.7 Å². The molecule has 0 spiro atoms. The van der Waals surface area contributed by atoms with Crippen molar-refractivity contribution in [1.29, 1.82) is 0 Å². The monoisotopic (exact) mass is 510 g/mol. The highest BCUT2D eigenvalue weighted by molar-refractivity contribution is 6.99. The molecule has 36 heavy (non-hydrogen) atoms. The zero-order valence-corrected chi connectivity index (χ0v) is 25.3. The molecule has 0 aliphatic carbocycles. The largest absolute Gasteiger partial charge is 0.460 e. The molecule has 0 radical (unpaired) electrons. The molecule has 0 aliphatic rings. The Morgan fingerprint density at radius 1 is 0.722 bits per heavy atom. The molecule has 0 saturated carbocycles. The zero-order chi connectivity index (χ0) is 27.0. The fourth-order valence-electron chi connectivity index (χ4n) is 5.07. The van der Waals surface area contributed by atoms with E-state index in [-0.39, 0.29) is 22.3 Å². The number of carbonyl (C=O) groups is 1. The Balaban J connectivity index is 2.01. The van der Waals surface area contributed by atoms with E-state index in [4.69, 9.17) is 9.16 Å². The summed E-state index contributed by atoms with van der Waals surface area (Å²) in [5.74, 6) is -0.143. The average molecular weight is 511 g/mol. The number of ether oxygens (including phenoxy) is 1. The van der Waals surface area contributed by atoms with Gasteiger partial charge in [-0.2, -0.15) is 0 Å². The summed E-state index contributed by atoms with van der Waals surface area (Å²) in [4.78, 5) is 12.8. The van der Waals surface area contributed by atoms with Crippen LogP contribution in [0.15, 0.2) is 60.7 Å². The van der Waals surface area contributed by atoms with E-state index < -0.39 is 13.9 Å². The molecule has 3 nitrogen and oxygen atoms in total. The first kappa shape index (κ1) is 30.3. The zero-order valence-electron chi connectivity index (χ0n) is 24.3. The fraction of sp³-hybridized carbons (Fsp3) is 0.594. The maximum Gasteiger partial charge on any atom is 0.309 e. The molecule has 200 valence electrons. The van der Waals surface area contributed by atoms with E-state index in [1.807, 2.05) is 20.8 Å². The second-order valence-electron chi connectivity index (χ2n) is 13.2. The minimum absolute atomic E-state index is 0.00303. The third-order valence-electron chi connectivity index (χ3n) is 6.86. The van der Waals surface area contributed by atoms with Crippen molar-refractivity contribution in [2.75, 3.05) is 6.61 Å². The van der Waals surface area contributed by atoms with Gasteiger partial charge in [-0.05, 0) is 54.4 Å². The van der Waals surface area contributed by atoms with Crippen molar-refractivity contribution >= 4 is 24.7 Å². The second kappa shape index (κ2) is 12.6. The molecule has 0 aromatic heterocycles. The lowest BCUT2D eigenvalue weighted by Gasteiger charge is -2.43. The Morgan fingerprint density at radius 3 is 1.61 bits per heavy atom. The first-order valence-corrected chi connectivity index (χ1v) is 15.6. The van der Waals surface area contributed by atoms with Gasteiger partial charge < -0.3 is 9.16 Å². The lowest BCUT2D eigenvalue weighted by molar-refractivity contribution is -0.164. The van der Waals surface area contributed by atoms with E-state index in [1.54, 1.807) is 0 Å². The van der Waals surface area contributed by atoms with Crippen molar-refractivity contribution in [3.63, 3.8) is 0 Å². The third-order valence-corrected chi connectivity index (χ3v) is 11.9. The van der Waals surface area contributed by atoms with Crippen LogP contribution in [0.2, 0.25) is 5.04 Å². The summed E-state index contributed by atoms with van der Waals surface area (Å²) >= 11 is 0. The molecule has 0 aliphatic heterocycles. The number of rotatable bonds is 11. The quantitative estimate of drug-likeness (QED) is 0.178. The summed E-state index contributed by atoms with van der Waals surface area (Å²) in [5, 5.41) is 2.66. The molecule has 1 unspecified atom stereocenters. The van der Waals surface area contributed by atoms with Crippen LogP contribution in [0.3, 0.4) is 0 Å². The number of benzene rings is 2. The first-order chi connectivity index (χ1) is 16.7. The summed E-state index contributed by atoms with van der Waals surface area (Å²) < 4.78 is 12.7. The minimum Gasteiger partial charge on any atom is -0.460 e. The Bertz CT molecular complexity index is 878. The Morgan fingerprint density at radius 2 is 1.19 bits per heavy atom. The SMILES string of the molecule is CC(C)(C)OC(=O)C(CCCCCCO[Si](c1ccccc1)(c1ccccc1)C(C)(C)C)C(C)(C)C. The fourth-order valence-corrected chi connectivity index (χ4v) is 9.67. The maximum absolute atomic E-state index is 12.8. The van der Waals surface area contributed by atoms with Gasteiger partial charge in [-0.15, -0.1) is 0 Å². The van der Waals surface area contributed by atoms with Crippen molar-refractivity contribution in [2.24, 2.45) is 11.3 Å². The van der Waals surface area contributed by atoms with Crippen LogP contribution in [0.5, 0.6) is 0 Å². The van der Waals surface area contributed by atoms with E-state index in [0.29, 0.717) is 0 Å². The normalized spacial score (nSPS) is 13.9. The van der Waals surface area contributed by atoms with E-state index in [9.17, 15) is 4.79 Å². The Labute approximate surface area is 222 Å². The molecule has 0 bridgehead atoms. The van der Waals surface area contributed by atoms with E-state index >= 15 is 0 Å². The van der Waals surface area contributed by atoms with Gasteiger partial charge in [0.1, 0.15) is 5.60 Å². The summed E-state index contributed by atoms with van der Waals surface area (Å²) in [5.41, 5.74) is -0.548. The molecule has 2 aromatic rings. The molecule has 0 saturated heterocycles. The van der Waals surface area contributed by atoms with Crippen molar-refractivity contribution in [3.05, 3.63) is 60.7 Å². The summed E-state index contributed by atoms with van der Waals surface area (Å²) in [7, 11) is -2.46. The highest BCUT2D eigenvalue weighted by atomic mass is 28.4. The predicted octanol–water partition coefficient (Wildman–Crippen LogP) is 7.52. The molecular formula is C32H50O3Si. The number of hydrogen-bond acceptors (Lipinski definition) is 3. The van der Waals surface area contributed by atoms with Gasteiger partial charge >= 0.3 is 5.97 Å². The number of esters is 1. The van der Waals surface area contributed by atoms with Crippen molar-refractivity contribution in [1.82, 2.24) is 0 Å². The van der Waals surface area contributed by atoms with Crippen LogP contribution in [-0.2, 0) is 14.0 Å². The number of unbranched alkanes of at least 4 members (excludes halogenated alkanes) is 3. The van der Waals surface area contributed by atoms with Crippen LogP contribution in [-0.4, -0.2) is 26.5 Å². The van der Waals surface area contributed by atoms with E-state index in [1.165, 1.54) is 10.4 Å². The molecule has 4 heteroatoms. The summed E-state index contributed by atoms with van der Waals surface area (Å²) in [6.45, 7) is 20.0. The van der Waals surface area contributed by atoms with Crippen LogP contribution in [0.1, 0.15) is 94.4 Å². The van der Waals surface area contributed by atoms with E-state index in [2.05, 4.69) is 102 Å². The van der Waals surface area contributed by atoms with Gasteiger partial charge in [0.2, 0.25) is 0 Å². The molecule has 1 atom stereocenters. The van der Waals surface area contributed by atoms with Crippen molar-refractivity contribution in [3.8, 4) is 0 Å². The van der Waals surface area contributed by atoms with Gasteiger partial charge in [0.15, 0.2) is 0 Å². The first-order valence-electron chi connectivity index (χ1n) is 13.7. The molecular weight excluding hydrogens is 460 g/mol. The van der Waals surface area contributed by atoms with Gasteiger partial charge in [0.05, 0.1) is 5.92 Å². The van der Waals surface area contributed by atoms with Crippen LogP contribution in [0.25, 0.3) is 0 Å². The lowest BCUT2D eigenvalue weighted by Crippen LogP contribution is -2.66. The average Bonchev–Trinajstić information content (AvgIpc) is 2.76. The summed E-state index contributed by atoms with van der Waals surface area (Å²) in [6, 6.07) is 21.7. The highest BCUT2D eigenvalue weighted by Gasteiger charge is 2.49. The molecule has 0 N–H and O–H groups in total. The number of hydrogen-bond donors (Lipinski definition) is 0. The smallest absolute Gasteiger partial charge is 0.309 e. The van der Waals surface area contributed by atoms with Crippen LogP contribution in [0.4, 0.5) is 0 Å². The van der Waals surface area contributed by atoms with Gasteiger partial charge in [-0.25, -0.2) is 0 Å². The van der Waals surface area contributed by atoms with Gasteiger partial charge in [-0.1, -0.05) is 121 Å². The van der Waals surface area contributed by atoms with Crippen molar-refractivity contribution in [2.45, 2.75) is 105 Å². The topological polar surface area (TPSA) is 35.5 Å². The third kappa shape index (κ3) is 8.31. The Kier molecular flexibility index (Phi) is 10.6. The molecule has 0 heterocycles. The van der Waals surface area contributed by atoms with Gasteiger partial charge in [0, 0.05) is 6.61 Å². The predicted molar refractivity (Wildman–Crippen MR) is 155 cm³/mol. The van der Waals surface area contributed by atoms with Crippen LogP contribution < -0.4 is 10.4 Å². The standard InChI is InChI=1S/C32H50O3Si/c1-30(2,3)28(29(33)35-31(4,5)6)24-18-10-11-19-25-34-36(32(7,8)9,26-20-14-12-15-21-26)27-22-16-13-17-23-27/h12-17,20-23,28H,10-11,18-19,24-25H2,1-9H3. The van der Waals surface area contributed by atoms with Gasteiger partial charge in [-0.3, -0.25) is 4.79 Å². The van der Waals surface area contributed by atoms with Crippen LogP contribution >= 0.6 is 0 Å². The molecule has 0 fully saturated rings. The summed E-state index contributed by atoms with van der Waals surface area (Å²) in [6.07, 6.45) is 5.12. The Hall–Kier alpha value is -1.91.